The van der Waals surface area contributed by atoms with E-state index in [9.17, 15) is 14.0 Å². The molecule has 2 heterocycles. The number of benzene rings is 2. The molecule has 0 spiro atoms. The van der Waals surface area contributed by atoms with Gasteiger partial charge < -0.3 is 5.32 Å². The second-order valence-corrected chi connectivity index (χ2v) is 9.14. The predicted octanol–water partition coefficient (Wildman–Crippen LogP) is 3.88. The zero-order valence-electron chi connectivity index (χ0n) is 17.5. The number of rotatable bonds is 5. The van der Waals surface area contributed by atoms with E-state index in [4.69, 9.17) is 0 Å². The number of amides is 2. The van der Waals surface area contributed by atoms with Gasteiger partial charge >= 0.3 is 0 Å². The number of hydrogen-bond acceptors (Lipinski definition) is 5. The van der Waals surface area contributed by atoms with Crippen molar-refractivity contribution in [2.75, 3.05) is 0 Å². The molecule has 2 atom stereocenters. The van der Waals surface area contributed by atoms with Crippen molar-refractivity contribution in [1.82, 2.24) is 10.2 Å². The minimum Gasteiger partial charge on any atom is -0.351 e. The third-order valence-corrected chi connectivity index (χ3v) is 6.21. The van der Waals surface area contributed by atoms with Gasteiger partial charge in [0.2, 0.25) is 5.91 Å². The van der Waals surface area contributed by atoms with Gasteiger partial charge in [0, 0.05) is 12.1 Å². The first-order chi connectivity index (χ1) is 14.8. The Hall–Kier alpha value is -3.00. The summed E-state index contributed by atoms with van der Waals surface area (Å²) < 4.78 is 13.1. The lowest BCUT2D eigenvalue weighted by Crippen LogP contribution is -2.43. The normalized spacial score (nSPS) is 18.3. The summed E-state index contributed by atoms with van der Waals surface area (Å²) in [5.41, 5.74) is 2.35. The van der Waals surface area contributed by atoms with Gasteiger partial charge in [0.05, 0.1) is 10.9 Å². The standard InChI is InChI=1S/C23H23FN4O2S/c1-13(2)19-22(30)28-20(27-19)17-6-4-5-7-18(17)26-23(28)31-14(3)21(29)25-12-15-8-10-16(24)11-9-15/h4-11,13-14,19H,12H2,1-3H3,(H,25,29). The SMILES string of the molecule is CC(SC1=Nc2ccccc2C2=NC(C(C)C)C(=O)N12)C(=O)NCc1ccc(F)cc1. The van der Waals surface area contributed by atoms with Crippen molar-refractivity contribution >= 4 is 40.3 Å². The highest BCUT2D eigenvalue weighted by Gasteiger charge is 2.43. The predicted molar refractivity (Wildman–Crippen MR) is 121 cm³/mol. The fourth-order valence-corrected chi connectivity index (χ4v) is 4.37. The van der Waals surface area contributed by atoms with Crippen molar-refractivity contribution in [3.05, 3.63) is 65.5 Å². The third-order valence-electron chi connectivity index (χ3n) is 5.16. The number of nitrogens with zero attached hydrogens (tertiary/aromatic N) is 3. The van der Waals surface area contributed by atoms with Crippen LogP contribution in [-0.4, -0.2) is 39.0 Å². The molecule has 6 nitrogen and oxygen atoms in total. The van der Waals surface area contributed by atoms with Gasteiger partial charge in [-0.1, -0.05) is 49.9 Å². The fraction of sp³-hybridized carbons (Fsp3) is 0.304. The molecule has 2 aromatic rings. The summed E-state index contributed by atoms with van der Waals surface area (Å²) in [4.78, 5) is 36.6. The summed E-state index contributed by atoms with van der Waals surface area (Å²) in [6.07, 6.45) is 0. The maximum atomic E-state index is 13.1. The van der Waals surface area contributed by atoms with Crippen LogP contribution in [0.3, 0.4) is 0 Å². The van der Waals surface area contributed by atoms with Crippen molar-refractivity contribution in [2.45, 2.75) is 38.6 Å². The van der Waals surface area contributed by atoms with E-state index in [2.05, 4.69) is 15.3 Å². The second kappa shape index (κ2) is 8.63. The molecular formula is C23H23FN4O2S. The van der Waals surface area contributed by atoms with Crippen molar-refractivity contribution in [3.8, 4) is 0 Å². The lowest BCUT2D eigenvalue weighted by atomic mass is 10.1. The van der Waals surface area contributed by atoms with Crippen LogP contribution >= 0.6 is 11.8 Å². The Morgan fingerprint density at radius 1 is 1.16 bits per heavy atom. The van der Waals surface area contributed by atoms with Gasteiger partial charge in [-0.3, -0.25) is 14.6 Å². The van der Waals surface area contributed by atoms with Crippen LogP contribution < -0.4 is 5.32 Å². The number of aliphatic imine (C=N–C) groups is 2. The highest BCUT2D eigenvalue weighted by Crippen LogP contribution is 2.35. The number of para-hydroxylation sites is 1. The largest absolute Gasteiger partial charge is 0.351 e. The molecule has 160 valence electrons. The summed E-state index contributed by atoms with van der Waals surface area (Å²) in [7, 11) is 0. The lowest BCUT2D eigenvalue weighted by Gasteiger charge is -2.27. The lowest BCUT2D eigenvalue weighted by molar-refractivity contribution is -0.125. The molecule has 2 aromatic carbocycles. The van der Waals surface area contributed by atoms with Crippen LogP contribution in [0.25, 0.3) is 0 Å². The molecule has 0 saturated carbocycles. The Balaban J connectivity index is 1.52. The summed E-state index contributed by atoms with van der Waals surface area (Å²) in [6, 6.07) is 13.1. The summed E-state index contributed by atoms with van der Waals surface area (Å²) in [5, 5.41) is 2.82. The molecule has 2 unspecified atom stereocenters. The van der Waals surface area contributed by atoms with Gasteiger partial charge in [-0.05, 0) is 42.7 Å². The van der Waals surface area contributed by atoms with Crippen LogP contribution in [0.2, 0.25) is 0 Å². The van der Waals surface area contributed by atoms with E-state index in [1.54, 1.807) is 24.0 Å². The summed E-state index contributed by atoms with van der Waals surface area (Å²) in [6.45, 7) is 5.99. The molecule has 2 amide bonds. The maximum Gasteiger partial charge on any atom is 0.259 e. The topological polar surface area (TPSA) is 74.1 Å². The van der Waals surface area contributed by atoms with E-state index in [1.807, 2.05) is 38.1 Å². The molecule has 8 heteroatoms. The molecule has 1 N–H and O–H groups in total. The molecule has 2 aliphatic heterocycles. The van der Waals surface area contributed by atoms with Crippen molar-refractivity contribution in [3.63, 3.8) is 0 Å². The molecule has 0 aliphatic carbocycles. The van der Waals surface area contributed by atoms with Gasteiger partial charge in [-0.2, -0.15) is 0 Å². The number of carbonyl (C=O) groups excluding carboxylic acids is 2. The van der Waals surface area contributed by atoms with Crippen molar-refractivity contribution in [1.29, 1.82) is 0 Å². The van der Waals surface area contributed by atoms with E-state index >= 15 is 0 Å². The number of hydrogen-bond donors (Lipinski definition) is 1. The number of halogens is 1. The number of amidine groups is 2. The van der Waals surface area contributed by atoms with Crippen LogP contribution in [-0.2, 0) is 16.1 Å². The smallest absolute Gasteiger partial charge is 0.259 e. The molecule has 4 rings (SSSR count). The Morgan fingerprint density at radius 2 is 1.87 bits per heavy atom. The van der Waals surface area contributed by atoms with Crippen molar-refractivity contribution in [2.24, 2.45) is 15.9 Å². The van der Waals surface area contributed by atoms with E-state index in [0.29, 0.717) is 17.5 Å². The minimum atomic E-state index is -0.489. The molecule has 31 heavy (non-hydrogen) atoms. The second-order valence-electron chi connectivity index (χ2n) is 7.83. The summed E-state index contributed by atoms with van der Waals surface area (Å²) >= 11 is 1.23. The molecule has 0 fully saturated rings. The van der Waals surface area contributed by atoms with Crippen LogP contribution in [0.4, 0.5) is 10.1 Å². The fourth-order valence-electron chi connectivity index (χ4n) is 3.43. The highest BCUT2D eigenvalue weighted by molar-refractivity contribution is 8.15. The van der Waals surface area contributed by atoms with Crippen LogP contribution in [0.1, 0.15) is 31.9 Å². The zero-order chi connectivity index (χ0) is 22.1. The maximum absolute atomic E-state index is 13.1. The Labute approximate surface area is 184 Å². The zero-order valence-corrected chi connectivity index (χ0v) is 18.3. The quantitative estimate of drug-likeness (QED) is 0.770. The summed E-state index contributed by atoms with van der Waals surface area (Å²) in [5.74, 6) is 0.0179. The van der Waals surface area contributed by atoms with Gasteiger partial charge in [-0.25, -0.2) is 14.3 Å². The Morgan fingerprint density at radius 3 is 2.58 bits per heavy atom. The molecule has 2 aliphatic rings. The van der Waals surface area contributed by atoms with Gasteiger partial charge in [0.15, 0.2) is 5.17 Å². The van der Waals surface area contributed by atoms with Gasteiger partial charge in [0.25, 0.3) is 5.91 Å². The number of nitrogens with one attached hydrogen (secondary N) is 1. The molecule has 0 bridgehead atoms. The minimum absolute atomic E-state index is 0.0560. The Bertz CT molecular complexity index is 1080. The monoisotopic (exact) mass is 438 g/mol. The number of carbonyl (C=O) groups is 2. The highest BCUT2D eigenvalue weighted by atomic mass is 32.2. The first-order valence-corrected chi connectivity index (χ1v) is 11.0. The molecular weight excluding hydrogens is 415 g/mol. The molecule has 0 radical (unpaired) electrons. The third kappa shape index (κ3) is 4.25. The van der Waals surface area contributed by atoms with E-state index in [-0.39, 0.29) is 23.5 Å². The van der Waals surface area contributed by atoms with Crippen LogP contribution in [0, 0.1) is 11.7 Å². The van der Waals surface area contributed by atoms with E-state index in [0.717, 1.165) is 16.8 Å². The molecule has 0 aromatic heterocycles. The average molecular weight is 439 g/mol. The van der Waals surface area contributed by atoms with E-state index in [1.165, 1.54) is 23.9 Å². The van der Waals surface area contributed by atoms with Crippen molar-refractivity contribution < 1.29 is 14.0 Å². The van der Waals surface area contributed by atoms with Gasteiger partial charge in [-0.15, -0.1) is 0 Å². The average Bonchev–Trinajstić information content (AvgIpc) is 3.11. The number of thioether (sulfide) groups is 1. The first kappa shape index (κ1) is 21.2. The van der Waals surface area contributed by atoms with Crippen LogP contribution in [0.5, 0.6) is 0 Å². The Kier molecular flexibility index (Phi) is 5.91. The van der Waals surface area contributed by atoms with Crippen LogP contribution in [0.15, 0.2) is 58.5 Å². The number of fused-ring (bicyclic) bond motifs is 3. The van der Waals surface area contributed by atoms with Gasteiger partial charge in [0.1, 0.15) is 17.7 Å². The van der Waals surface area contributed by atoms with E-state index < -0.39 is 11.3 Å². The first-order valence-electron chi connectivity index (χ1n) is 10.1. The molecule has 0 saturated heterocycles.